The van der Waals surface area contributed by atoms with Crippen LogP contribution in [0.15, 0.2) is 10.6 Å². The summed E-state index contributed by atoms with van der Waals surface area (Å²) < 4.78 is 27.8. The summed E-state index contributed by atoms with van der Waals surface area (Å²) in [6.45, 7) is 14.1. The lowest BCUT2D eigenvalue weighted by molar-refractivity contribution is -0.152. The molecule has 1 aliphatic heterocycles. The van der Waals surface area contributed by atoms with Gasteiger partial charge in [0, 0.05) is 19.3 Å². The van der Waals surface area contributed by atoms with Gasteiger partial charge in [-0.15, -0.1) is 0 Å². The fraction of sp³-hybridized carbons (Fsp3) is 0.778. The molecule has 2 heterocycles. The van der Waals surface area contributed by atoms with E-state index in [1.807, 2.05) is 48.5 Å². The highest BCUT2D eigenvalue weighted by atomic mass is 16.7. The molecule has 0 radical (unpaired) electrons. The Hall–Kier alpha value is -1.64. The Bertz CT molecular complexity index is 601. The van der Waals surface area contributed by atoms with Crippen molar-refractivity contribution >= 4 is 6.09 Å². The van der Waals surface area contributed by atoms with Crippen molar-refractivity contribution in [3.63, 3.8) is 0 Å². The summed E-state index contributed by atoms with van der Waals surface area (Å²) in [6.07, 6.45) is -1.09. The van der Waals surface area contributed by atoms with E-state index in [0.717, 1.165) is 0 Å². The van der Waals surface area contributed by atoms with Crippen molar-refractivity contribution in [2.24, 2.45) is 0 Å². The molecular formula is C18H30N2O6. The summed E-state index contributed by atoms with van der Waals surface area (Å²) in [6, 6.07) is 1.32. The van der Waals surface area contributed by atoms with Crippen molar-refractivity contribution in [1.82, 2.24) is 10.1 Å². The second-order valence-electron chi connectivity index (χ2n) is 7.52. The zero-order valence-corrected chi connectivity index (χ0v) is 16.7. The summed E-state index contributed by atoms with van der Waals surface area (Å²) in [7, 11) is 0. The molecule has 1 fully saturated rings. The second-order valence-corrected chi connectivity index (χ2v) is 7.52. The second kappa shape index (κ2) is 7.94. The van der Waals surface area contributed by atoms with E-state index in [-0.39, 0.29) is 0 Å². The molecule has 1 aromatic heterocycles. The highest BCUT2D eigenvalue weighted by Crippen LogP contribution is 2.38. The van der Waals surface area contributed by atoms with E-state index in [1.54, 1.807) is 11.0 Å². The first-order valence-corrected chi connectivity index (χ1v) is 8.95. The minimum atomic E-state index is -0.814. The van der Waals surface area contributed by atoms with Crippen LogP contribution in [0.2, 0.25) is 0 Å². The van der Waals surface area contributed by atoms with Gasteiger partial charge in [-0.25, -0.2) is 4.79 Å². The summed E-state index contributed by atoms with van der Waals surface area (Å²) >= 11 is 0. The number of aromatic nitrogens is 1. The van der Waals surface area contributed by atoms with Gasteiger partial charge >= 0.3 is 6.09 Å². The predicted molar refractivity (Wildman–Crippen MR) is 93.3 cm³/mol. The molecule has 0 bridgehead atoms. The third-order valence-electron chi connectivity index (χ3n) is 3.83. The predicted octanol–water partition coefficient (Wildman–Crippen LogP) is 3.79. The molecule has 0 aliphatic carbocycles. The van der Waals surface area contributed by atoms with Crippen LogP contribution in [0.3, 0.4) is 0 Å². The van der Waals surface area contributed by atoms with E-state index in [9.17, 15) is 4.79 Å². The van der Waals surface area contributed by atoms with E-state index < -0.39 is 29.8 Å². The molecule has 1 aliphatic rings. The van der Waals surface area contributed by atoms with Crippen LogP contribution in [0.5, 0.6) is 0 Å². The zero-order chi connectivity index (χ0) is 19.5. The van der Waals surface area contributed by atoms with Crippen LogP contribution in [-0.2, 0) is 18.9 Å². The van der Waals surface area contributed by atoms with Crippen LogP contribution < -0.4 is 0 Å². The molecule has 0 saturated carbocycles. The maximum Gasteiger partial charge on any atom is 0.413 e. The highest BCUT2D eigenvalue weighted by Gasteiger charge is 2.47. The first kappa shape index (κ1) is 20.7. The number of hydrogen-bond donors (Lipinski definition) is 0. The van der Waals surface area contributed by atoms with Crippen LogP contribution in [0.1, 0.15) is 72.3 Å². The Morgan fingerprint density at radius 2 is 1.96 bits per heavy atom. The van der Waals surface area contributed by atoms with Crippen molar-refractivity contribution in [3.05, 3.63) is 17.5 Å². The Kier molecular flexibility index (Phi) is 6.31. The van der Waals surface area contributed by atoms with E-state index in [0.29, 0.717) is 31.3 Å². The smallest absolute Gasteiger partial charge is 0.413 e. The molecule has 8 heteroatoms. The summed E-state index contributed by atoms with van der Waals surface area (Å²) in [5.41, 5.74) is -0.851. The highest BCUT2D eigenvalue weighted by molar-refractivity contribution is 5.70. The van der Waals surface area contributed by atoms with Gasteiger partial charge in [-0.3, -0.25) is 4.90 Å². The molecule has 1 aromatic rings. The van der Waals surface area contributed by atoms with Crippen molar-refractivity contribution < 1.29 is 28.3 Å². The molecule has 1 saturated heterocycles. The van der Waals surface area contributed by atoms with Gasteiger partial charge in [0.25, 0.3) is 0 Å². The Balaban J connectivity index is 2.24. The molecule has 0 N–H and O–H groups in total. The van der Waals surface area contributed by atoms with Crippen LogP contribution in [0.4, 0.5) is 4.79 Å². The topological polar surface area (TPSA) is 83.3 Å². The number of amides is 1. The average Bonchev–Trinajstić information content (AvgIpc) is 3.09. The molecule has 2 rings (SSSR count). The van der Waals surface area contributed by atoms with Gasteiger partial charge in [0.15, 0.2) is 5.76 Å². The number of carbonyl (C=O) groups excluding carboxylic acids is 1. The number of rotatable bonds is 6. The molecule has 26 heavy (non-hydrogen) atoms. The lowest BCUT2D eigenvalue weighted by atomic mass is 10.1. The van der Waals surface area contributed by atoms with Gasteiger partial charge in [0.05, 0.1) is 6.61 Å². The summed E-state index contributed by atoms with van der Waals surface area (Å²) in [4.78, 5) is 14.3. The van der Waals surface area contributed by atoms with Gasteiger partial charge in [0.1, 0.15) is 23.1 Å². The Labute approximate surface area is 154 Å². The minimum absolute atomic E-state index is 0.298. The maximum absolute atomic E-state index is 12.7. The molecular weight excluding hydrogens is 340 g/mol. The fourth-order valence-electron chi connectivity index (χ4n) is 2.77. The lowest BCUT2D eigenvalue weighted by Gasteiger charge is -2.34. The zero-order valence-electron chi connectivity index (χ0n) is 16.7. The third kappa shape index (κ3) is 4.75. The minimum Gasteiger partial charge on any atom is -0.444 e. The van der Waals surface area contributed by atoms with E-state index in [4.69, 9.17) is 23.5 Å². The van der Waals surface area contributed by atoms with Crippen molar-refractivity contribution in [2.45, 2.75) is 72.1 Å². The largest absolute Gasteiger partial charge is 0.444 e. The lowest BCUT2D eigenvalue weighted by Crippen LogP contribution is -2.47. The van der Waals surface area contributed by atoms with Gasteiger partial charge in [-0.1, -0.05) is 5.16 Å². The molecule has 0 aromatic carbocycles. The summed E-state index contributed by atoms with van der Waals surface area (Å²) in [5.74, 6) is 0.456. The van der Waals surface area contributed by atoms with Gasteiger partial charge in [-0.2, -0.15) is 0 Å². The van der Waals surface area contributed by atoms with Crippen molar-refractivity contribution in [3.8, 4) is 0 Å². The normalized spacial score (nSPS) is 20.0. The van der Waals surface area contributed by atoms with Gasteiger partial charge in [-0.05, 0) is 48.5 Å². The van der Waals surface area contributed by atoms with Crippen molar-refractivity contribution in [1.29, 1.82) is 0 Å². The van der Waals surface area contributed by atoms with E-state index in [1.165, 1.54) is 0 Å². The number of nitrogens with zero attached hydrogens (tertiary/aromatic N) is 2. The Morgan fingerprint density at radius 3 is 2.50 bits per heavy atom. The van der Waals surface area contributed by atoms with Crippen LogP contribution in [0, 0.1) is 0 Å². The van der Waals surface area contributed by atoms with E-state index >= 15 is 0 Å². The number of carbonyl (C=O) groups is 1. The molecule has 148 valence electrons. The fourth-order valence-corrected chi connectivity index (χ4v) is 2.77. The van der Waals surface area contributed by atoms with Crippen molar-refractivity contribution in [2.75, 3.05) is 19.8 Å². The molecule has 0 spiro atoms. The first-order chi connectivity index (χ1) is 12.1. The molecule has 1 atom stereocenters. The van der Waals surface area contributed by atoms with Crippen LogP contribution in [0.25, 0.3) is 0 Å². The van der Waals surface area contributed by atoms with Gasteiger partial charge < -0.3 is 23.5 Å². The average molecular weight is 370 g/mol. The first-order valence-electron chi connectivity index (χ1n) is 8.95. The Morgan fingerprint density at radius 1 is 1.35 bits per heavy atom. The van der Waals surface area contributed by atoms with Gasteiger partial charge in [0.2, 0.25) is 6.29 Å². The monoisotopic (exact) mass is 370 g/mol. The molecule has 1 amide bonds. The molecule has 0 unspecified atom stereocenters. The number of ether oxygens (including phenoxy) is 4. The summed E-state index contributed by atoms with van der Waals surface area (Å²) in [5, 5.41) is 4.11. The third-order valence-corrected chi connectivity index (χ3v) is 3.83. The quantitative estimate of drug-likeness (QED) is 0.704. The number of hydrogen-bond acceptors (Lipinski definition) is 7. The maximum atomic E-state index is 12.7. The molecule has 8 nitrogen and oxygen atoms in total. The van der Waals surface area contributed by atoms with E-state index in [2.05, 4.69) is 5.16 Å². The SMILES string of the molecule is CCOC(OCC)c1cc([C@@H]2COC(C)(C)N2C(=O)OC(C)(C)C)no1. The van der Waals surface area contributed by atoms with Crippen LogP contribution >= 0.6 is 0 Å². The van der Waals surface area contributed by atoms with Crippen LogP contribution in [-0.4, -0.2) is 47.3 Å². The standard InChI is InChI=1S/C18H30N2O6/c1-8-22-15(23-9-2)14-10-12(19-26-14)13-11-24-18(6,7)20(13)16(21)25-17(3,4)5/h10,13,15H,8-9,11H2,1-7H3/t13-/m0/s1.